The Morgan fingerprint density at radius 3 is 2.31 bits per heavy atom. The average molecular weight is 396 g/mol. The fraction of sp³-hybridized carbons (Fsp3) is 0.455. The molecule has 1 aromatic carbocycles. The van der Waals surface area contributed by atoms with Gasteiger partial charge >= 0.3 is 5.97 Å². The summed E-state index contributed by atoms with van der Waals surface area (Å²) in [6.45, 7) is 4.90. The molecule has 5 atom stereocenters. The molecule has 1 heterocycles. The van der Waals surface area contributed by atoms with E-state index in [-0.39, 0.29) is 35.5 Å². The second-order valence-corrected chi connectivity index (χ2v) is 8.18. The van der Waals surface area contributed by atoms with Gasteiger partial charge in [-0.15, -0.1) is 0 Å². The van der Waals surface area contributed by atoms with Crippen LogP contribution in [0.4, 0.5) is 5.69 Å². The first-order valence-electron chi connectivity index (χ1n) is 9.87. The van der Waals surface area contributed by atoms with Gasteiger partial charge in [0.1, 0.15) is 6.04 Å². The molecule has 4 rings (SSSR count). The highest BCUT2D eigenvalue weighted by Crippen LogP contribution is 2.52. The van der Waals surface area contributed by atoms with Crippen molar-refractivity contribution in [1.82, 2.24) is 4.90 Å². The number of amides is 3. The molecule has 1 aromatic rings. The van der Waals surface area contributed by atoms with E-state index < -0.39 is 24.5 Å². The SMILES string of the molecule is Cc1ccc(NC(=O)COC(=O)[C@H](C)N2C(=O)[C@@H]3[C@@H](C2=O)[C@H]2C=C[C@H]3C2)cc1C. The normalized spacial score (nSPS) is 27.9. The molecule has 29 heavy (non-hydrogen) atoms. The van der Waals surface area contributed by atoms with Gasteiger partial charge in [-0.1, -0.05) is 18.2 Å². The number of aryl methyl sites for hydroxylation is 2. The van der Waals surface area contributed by atoms with E-state index in [4.69, 9.17) is 4.74 Å². The number of likely N-dealkylation sites (tertiary alicyclic amines) is 1. The van der Waals surface area contributed by atoms with E-state index in [2.05, 4.69) is 5.32 Å². The highest BCUT2D eigenvalue weighted by molar-refractivity contribution is 6.09. The third-order valence-electron chi connectivity index (χ3n) is 6.37. The van der Waals surface area contributed by atoms with Gasteiger partial charge in [0, 0.05) is 5.69 Å². The van der Waals surface area contributed by atoms with Crippen LogP contribution in [0.1, 0.15) is 24.5 Å². The van der Waals surface area contributed by atoms with Gasteiger partial charge in [-0.2, -0.15) is 0 Å². The summed E-state index contributed by atoms with van der Waals surface area (Å²) in [6.07, 6.45) is 4.83. The Labute approximate surface area is 169 Å². The zero-order chi connectivity index (χ0) is 20.9. The van der Waals surface area contributed by atoms with Crippen LogP contribution in [0, 0.1) is 37.5 Å². The van der Waals surface area contributed by atoms with Gasteiger partial charge in [0.25, 0.3) is 5.91 Å². The Kier molecular flexibility index (Phi) is 4.76. The van der Waals surface area contributed by atoms with E-state index in [1.807, 2.05) is 38.1 Å². The number of nitrogens with zero attached hydrogens (tertiary/aromatic N) is 1. The fourth-order valence-electron chi connectivity index (χ4n) is 4.69. The number of imide groups is 1. The van der Waals surface area contributed by atoms with E-state index in [9.17, 15) is 19.2 Å². The molecule has 1 saturated carbocycles. The van der Waals surface area contributed by atoms with Crippen LogP contribution in [0.3, 0.4) is 0 Å². The van der Waals surface area contributed by atoms with Crippen molar-refractivity contribution in [2.24, 2.45) is 23.7 Å². The lowest BCUT2D eigenvalue weighted by Gasteiger charge is -2.23. The van der Waals surface area contributed by atoms with Crippen LogP contribution < -0.4 is 5.32 Å². The van der Waals surface area contributed by atoms with E-state index in [1.165, 1.54) is 6.92 Å². The molecule has 0 unspecified atom stereocenters. The molecule has 1 aliphatic heterocycles. The van der Waals surface area contributed by atoms with Gasteiger partial charge in [0.2, 0.25) is 11.8 Å². The van der Waals surface area contributed by atoms with Crippen molar-refractivity contribution >= 4 is 29.4 Å². The summed E-state index contributed by atoms with van der Waals surface area (Å²) in [4.78, 5) is 51.1. The van der Waals surface area contributed by atoms with Gasteiger partial charge in [0.05, 0.1) is 11.8 Å². The lowest BCUT2D eigenvalue weighted by atomic mass is 9.85. The summed E-state index contributed by atoms with van der Waals surface area (Å²) in [5, 5.41) is 2.67. The monoisotopic (exact) mass is 396 g/mol. The van der Waals surface area contributed by atoms with Gasteiger partial charge in [-0.3, -0.25) is 19.3 Å². The van der Waals surface area contributed by atoms with E-state index in [0.717, 1.165) is 22.4 Å². The minimum atomic E-state index is -1.05. The molecule has 0 radical (unpaired) electrons. The third kappa shape index (κ3) is 3.24. The minimum Gasteiger partial charge on any atom is -0.454 e. The van der Waals surface area contributed by atoms with Gasteiger partial charge in [-0.25, -0.2) is 4.79 Å². The highest BCUT2D eigenvalue weighted by Gasteiger charge is 2.60. The van der Waals surface area contributed by atoms with Crippen molar-refractivity contribution in [3.63, 3.8) is 0 Å². The maximum absolute atomic E-state index is 12.8. The molecule has 7 nitrogen and oxygen atoms in total. The largest absolute Gasteiger partial charge is 0.454 e. The Bertz CT molecular complexity index is 907. The van der Waals surface area contributed by atoms with Crippen molar-refractivity contribution in [3.05, 3.63) is 41.5 Å². The minimum absolute atomic E-state index is 0.0819. The van der Waals surface area contributed by atoms with Crippen molar-refractivity contribution < 1.29 is 23.9 Å². The van der Waals surface area contributed by atoms with E-state index in [0.29, 0.717) is 5.69 Å². The van der Waals surface area contributed by atoms with Crippen LogP contribution in [0.5, 0.6) is 0 Å². The molecule has 0 spiro atoms. The summed E-state index contributed by atoms with van der Waals surface area (Å²) < 4.78 is 5.08. The summed E-state index contributed by atoms with van der Waals surface area (Å²) in [5.74, 6) is -2.41. The van der Waals surface area contributed by atoms with Crippen molar-refractivity contribution in [2.45, 2.75) is 33.2 Å². The standard InChI is InChI=1S/C22H24N2O5/c1-11-4-7-16(8-12(11)2)23-17(25)10-29-22(28)13(3)24-20(26)18-14-5-6-15(9-14)19(18)21(24)27/h4-8,13-15,18-19H,9-10H2,1-3H3,(H,23,25)/t13-,14-,15-,18-,19-/m0/s1. The number of esters is 1. The average Bonchev–Trinajstić information content (AvgIpc) is 3.36. The van der Waals surface area contributed by atoms with Crippen LogP contribution in [-0.4, -0.2) is 41.2 Å². The molecular formula is C22H24N2O5. The van der Waals surface area contributed by atoms with E-state index >= 15 is 0 Å². The molecule has 3 aliphatic rings. The second kappa shape index (κ2) is 7.13. The Balaban J connectivity index is 1.34. The molecule has 2 bridgehead atoms. The number of anilines is 1. The molecule has 7 heteroatoms. The summed E-state index contributed by atoms with van der Waals surface area (Å²) in [7, 11) is 0. The first kappa shape index (κ1) is 19.4. The first-order chi connectivity index (χ1) is 13.8. The molecule has 152 valence electrons. The smallest absolute Gasteiger partial charge is 0.329 e. The fourth-order valence-corrected chi connectivity index (χ4v) is 4.69. The zero-order valence-corrected chi connectivity index (χ0v) is 16.7. The number of hydrogen-bond acceptors (Lipinski definition) is 5. The molecule has 0 aromatic heterocycles. The number of carbonyl (C=O) groups excluding carboxylic acids is 4. The lowest BCUT2D eigenvalue weighted by Crippen LogP contribution is -2.45. The summed E-state index contributed by atoms with van der Waals surface area (Å²) in [5.41, 5.74) is 2.76. The second-order valence-electron chi connectivity index (χ2n) is 8.18. The predicted octanol–water partition coefficient (Wildman–Crippen LogP) is 1.98. The maximum Gasteiger partial charge on any atom is 0.329 e. The van der Waals surface area contributed by atoms with Crippen molar-refractivity contribution in [3.8, 4) is 0 Å². The summed E-state index contributed by atoms with van der Waals surface area (Å²) >= 11 is 0. The van der Waals surface area contributed by atoms with Crippen LogP contribution >= 0.6 is 0 Å². The summed E-state index contributed by atoms with van der Waals surface area (Å²) in [6, 6.07) is 4.45. The number of benzene rings is 1. The molecule has 2 aliphatic carbocycles. The van der Waals surface area contributed by atoms with Gasteiger partial charge in [0.15, 0.2) is 6.61 Å². The quantitative estimate of drug-likeness (QED) is 0.467. The number of carbonyl (C=O) groups is 4. The lowest BCUT2D eigenvalue weighted by molar-refractivity contribution is -0.159. The molecule has 1 N–H and O–H groups in total. The predicted molar refractivity (Wildman–Crippen MR) is 105 cm³/mol. The van der Waals surface area contributed by atoms with Crippen molar-refractivity contribution in [2.75, 3.05) is 11.9 Å². The topological polar surface area (TPSA) is 92.8 Å². The van der Waals surface area contributed by atoms with Crippen LogP contribution in [0.15, 0.2) is 30.4 Å². The Morgan fingerprint density at radius 1 is 1.10 bits per heavy atom. The number of ether oxygens (including phenoxy) is 1. The first-order valence-corrected chi connectivity index (χ1v) is 9.87. The number of rotatable bonds is 5. The highest BCUT2D eigenvalue weighted by atomic mass is 16.5. The van der Waals surface area contributed by atoms with Crippen LogP contribution in [0.2, 0.25) is 0 Å². The van der Waals surface area contributed by atoms with E-state index in [1.54, 1.807) is 6.07 Å². The third-order valence-corrected chi connectivity index (χ3v) is 6.37. The molecule has 3 amide bonds. The van der Waals surface area contributed by atoms with Gasteiger partial charge in [-0.05, 0) is 62.3 Å². The zero-order valence-electron chi connectivity index (χ0n) is 16.7. The Hall–Kier alpha value is -2.96. The molecule has 1 saturated heterocycles. The Morgan fingerprint density at radius 2 is 1.72 bits per heavy atom. The van der Waals surface area contributed by atoms with Crippen LogP contribution in [-0.2, 0) is 23.9 Å². The van der Waals surface area contributed by atoms with Crippen LogP contribution in [0.25, 0.3) is 0 Å². The molecule has 2 fully saturated rings. The number of fused-ring (bicyclic) bond motifs is 5. The van der Waals surface area contributed by atoms with Gasteiger partial charge < -0.3 is 10.1 Å². The maximum atomic E-state index is 12.8. The number of allylic oxidation sites excluding steroid dienone is 2. The number of hydrogen-bond donors (Lipinski definition) is 1. The number of nitrogens with one attached hydrogen (secondary N) is 1. The molecular weight excluding hydrogens is 372 g/mol. The van der Waals surface area contributed by atoms with Crippen molar-refractivity contribution in [1.29, 1.82) is 0 Å².